The van der Waals surface area contributed by atoms with Gasteiger partial charge in [-0.15, -0.1) is 0 Å². The van der Waals surface area contributed by atoms with E-state index in [1.807, 2.05) is 32.8 Å². The second kappa shape index (κ2) is 12.0. The van der Waals surface area contributed by atoms with Crippen LogP contribution in [0.2, 0.25) is 5.02 Å². The second-order valence-corrected chi connectivity index (χ2v) is 9.14. The molecule has 0 amide bonds. The van der Waals surface area contributed by atoms with E-state index in [0.717, 1.165) is 5.02 Å². The van der Waals surface area contributed by atoms with Crippen molar-refractivity contribution in [3.05, 3.63) is 40.0 Å². The SMILES string of the molecule is CCCC[N+](CCCC)=c1cc(-c2ccc(Cl)cc2)ss1.[O-][Cl+](O)(O)O. The van der Waals surface area contributed by atoms with Crippen LogP contribution in [-0.4, -0.2) is 27.1 Å². The van der Waals surface area contributed by atoms with E-state index in [1.165, 1.54) is 53.9 Å². The molecule has 0 aliphatic carbocycles. The Balaban J connectivity index is 0.000000597. The van der Waals surface area contributed by atoms with E-state index in [2.05, 4.69) is 36.6 Å². The van der Waals surface area contributed by atoms with Crippen molar-refractivity contribution < 1.29 is 28.9 Å². The Labute approximate surface area is 168 Å². The van der Waals surface area contributed by atoms with Gasteiger partial charge in [0.15, 0.2) is 0 Å². The summed E-state index contributed by atoms with van der Waals surface area (Å²) in [6.07, 6.45) is 5.04. The molecule has 0 aliphatic heterocycles. The van der Waals surface area contributed by atoms with Crippen LogP contribution in [0.4, 0.5) is 0 Å². The molecule has 0 radical (unpaired) electrons. The van der Waals surface area contributed by atoms with Gasteiger partial charge in [0.1, 0.15) is 13.1 Å². The van der Waals surface area contributed by atoms with Gasteiger partial charge in [0.25, 0.3) is 4.67 Å². The molecule has 0 saturated carbocycles. The molecule has 0 aliphatic rings. The van der Waals surface area contributed by atoms with Crippen LogP contribution in [0.15, 0.2) is 30.3 Å². The molecule has 2 aromatic rings. The van der Waals surface area contributed by atoms with Crippen LogP contribution in [0, 0.1) is 10.2 Å². The summed E-state index contributed by atoms with van der Waals surface area (Å²) in [5, 5.41) is 0.798. The normalized spacial score (nSPS) is 11.7. The summed E-state index contributed by atoms with van der Waals surface area (Å²) in [6.45, 7) is 6.86. The van der Waals surface area contributed by atoms with E-state index in [0.29, 0.717) is 0 Å². The molecule has 1 aromatic heterocycles. The van der Waals surface area contributed by atoms with Crippen LogP contribution in [0.25, 0.3) is 10.4 Å². The second-order valence-electron chi connectivity index (χ2n) is 5.65. The Hall–Kier alpha value is -0.510. The number of nitrogens with zero attached hydrogens (tertiary/aromatic N) is 1. The van der Waals surface area contributed by atoms with Gasteiger partial charge in [0.05, 0.1) is 4.88 Å². The quantitative estimate of drug-likeness (QED) is 0.454. The minimum atomic E-state index is -4.19. The predicted octanol–water partition coefficient (Wildman–Crippen LogP) is 2.64. The molecule has 1 aromatic carbocycles. The van der Waals surface area contributed by atoms with Crippen LogP contribution >= 0.6 is 32.3 Å². The van der Waals surface area contributed by atoms with Crippen molar-refractivity contribution >= 4 is 32.3 Å². The number of hydrogen-bond acceptors (Lipinski definition) is 6. The number of benzene rings is 1. The van der Waals surface area contributed by atoms with Gasteiger partial charge in [-0.1, -0.05) is 60.8 Å². The van der Waals surface area contributed by atoms with E-state index in [9.17, 15) is 0 Å². The molecule has 2 rings (SSSR count). The fourth-order valence-corrected chi connectivity index (χ4v) is 4.81. The van der Waals surface area contributed by atoms with Gasteiger partial charge < -0.3 is 0 Å². The van der Waals surface area contributed by atoms with Crippen LogP contribution in [0.5, 0.6) is 0 Å². The van der Waals surface area contributed by atoms with E-state index in [4.69, 9.17) is 30.2 Å². The zero-order chi connectivity index (χ0) is 19.6. The van der Waals surface area contributed by atoms with Gasteiger partial charge in [-0.2, -0.15) is 0 Å². The fourth-order valence-electron chi connectivity index (χ4n) is 2.17. The Morgan fingerprint density at radius 3 is 1.96 bits per heavy atom. The molecule has 9 heteroatoms. The standard InChI is InChI=1S/C17H23ClNS2.ClH3O4/c1-3-5-11-19(12-6-4-2)17-13-16(20-21-17)14-7-9-15(18)10-8-14;2-1(3,4)5/h7-10,13H,3-6,11-12H2,1-2H3;2-4H/q+1;. The Morgan fingerprint density at radius 2 is 1.50 bits per heavy atom. The van der Waals surface area contributed by atoms with Gasteiger partial charge in [0, 0.05) is 23.9 Å². The first-order valence-corrected chi connectivity index (χ1v) is 12.2. The van der Waals surface area contributed by atoms with Crippen molar-refractivity contribution in [3.8, 4) is 10.4 Å². The van der Waals surface area contributed by atoms with Crippen molar-refractivity contribution in [2.24, 2.45) is 0 Å². The topological polar surface area (TPSA) is 86.8 Å². The number of hydrogen-bond donors (Lipinski definition) is 3. The zero-order valence-electron chi connectivity index (χ0n) is 14.9. The summed E-state index contributed by atoms with van der Waals surface area (Å²) in [4.78, 5) is 1.34. The van der Waals surface area contributed by atoms with Crippen LogP contribution in [0.1, 0.15) is 39.5 Å². The molecule has 5 nitrogen and oxygen atoms in total. The average Bonchev–Trinajstić information content (AvgIpc) is 3.04. The molecular formula is C17H26Cl2NO4S2+. The monoisotopic (exact) mass is 442 g/mol. The van der Waals surface area contributed by atoms with Crippen LogP contribution in [-0.2, 0) is 0 Å². The average molecular weight is 443 g/mol. The van der Waals surface area contributed by atoms with Crippen LogP contribution < -0.4 is 13.9 Å². The van der Waals surface area contributed by atoms with Gasteiger partial charge in [-0.25, -0.2) is 4.58 Å². The minimum absolute atomic E-state index is 0.798. The summed E-state index contributed by atoms with van der Waals surface area (Å²) in [5.41, 5.74) is 1.26. The molecule has 0 fully saturated rings. The summed E-state index contributed by atoms with van der Waals surface area (Å²) < 4.78 is 34.2. The third-order valence-corrected chi connectivity index (χ3v) is 6.19. The van der Waals surface area contributed by atoms with Crippen molar-refractivity contribution in [3.63, 3.8) is 0 Å². The summed E-state index contributed by atoms with van der Waals surface area (Å²) in [6, 6.07) is 10.5. The maximum atomic E-state index is 8.83. The van der Waals surface area contributed by atoms with E-state index in [1.54, 1.807) is 0 Å². The summed E-state index contributed by atoms with van der Waals surface area (Å²) >= 11 is 5.97. The first-order chi connectivity index (χ1) is 12.2. The van der Waals surface area contributed by atoms with Crippen molar-refractivity contribution in [1.29, 1.82) is 0 Å². The number of halogens is 2. The van der Waals surface area contributed by atoms with Gasteiger partial charge in [0.2, 0.25) is 0 Å². The van der Waals surface area contributed by atoms with E-state index >= 15 is 0 Å². The third kappa shape index (κ3) is 9.99. The molecule has 26 heavy (non-hydrogen) atoms. The van der Waals surface area contributed by atoms with Crippen LogP contribution in [0.3, 0.4) is 0 Å². The third-order valence-electron chi connectivity index (χ3n) is 3.47. The Morgan fingerprint density at radius 1 is 1.00 bits per heavy atom. The molecule has 148 valence electrons. The molecule has 0 spiro atoms. The molecule has 0 unspecified atom stereocenters. The fraction of sp³-hybridized carbons (Fsp3) is 0.471. The number of rotatable bonds is 7. The summed E-state index contributed by atoms with van der Waals surface area (Å²) in [5.74, 6) is 0. The predicted molar refractivity (Wildman–Crippen MR) is 104 cm³/mol. The first-order valence-electron chi connectivity index (χ1n) is 8.34. The molecule has 1 heterocycles. The van der Waals surface area contributed by atoms with Crippen molar-refractivity contribution in [2.45, 2.75) is 39.5 Å². The molecular weight excluding hydrogens is 417 g/mol. The van der Waals surface area contributed by atoms with Gasteiger partial charge >= 0.3 is 28.9 Å². The number of unbranched alkanes of at least 4 members (excludes halogenated alkanes) is 2. The van der Waals surface area contributed by atoms with Gasteiger partial charge in [-0.3, -0.25) is 0 Å². The summed E-state index contributed by atoms with van der Waals surface area (Å²) in [7, 11) is -0.442. The molecule has 0 saturated heterocycles. The first kappa shape index (κ1) is 23.5. The molecule has 3 N–H and O–H groups in total. The van der Waals surface area contributed by atoms with Gasteiger partial charge in [-0.05, 0) is 28.0 Å². The van der Waals surface area contributed by atoms with E-state index < -0.39 is 10.2 Å². The molecule has 0 atom stereocenters. The van der Waals surface area contributed by atoms with E-state index in [-0.39, 0.29) is 0 Å². The Bertz CT molecular complexity index is 693. The Kier molecular flexibility index (Phi) is 10.9. The maximum absolute atomic E-state index is 8.83. The zero-order valence-corrected chi connectivity index (χ0v) is 18.0. The molecule has 0 bridgehead atoms. The van der Waals surface area contributed by atoms with Crippen molar-refractivity contribution in [1.82, 2.24) is 4.58 Å². The van der Waals surface area contributed by atoms with Crippen molar-refractivity contribution in [2.75, 3.05) is 13.1 Å².